The second-order valence-electron chi connectivity index (χ2n) is 2.90. The topological polar surface area (TPSA) is 55.4 Å². The maximum Gasteiger partial charge on any atom is 0.328 e. The second-order valence-corrected chi connectivity index (χ2v) is 4.10. The summed E-state index contributed by atoms with van der Waals surface area (Å²) < 4.78 is 4.85. The maximum absolute atomic E-state index is 11.4. The Labute approximate surface area is 86.6 Å². The fourth-order valence-corrected chi connectivity index (χ4v) is 1.60. The fraction of sp³-hybridized carbons (Fsp3) is 0.778. The standard InChI is InChI=1S/C9H18NO3P/c1-4-13-9(12)8(5-6-14-3)10-7(2)11/h8,14H,4-6H2,1-3H3,(H,10,11). The number of amides is 1. The molecule has 82 valence electrons. The number of carbonyl (C=O) groups excluding carboxylic acids is 2. The molecule has 0 aliphatic carbocycles. The van der Waals surface area contributed by atoms with E-state index >= 15 is 0 Å². The highest BCUT2D eigenvalue weighted by molar-refractivity contribution is 7.36. The number of nitrogens with one attached hydrogen (secondary N) is 1. The Morgan fingerprint density at radius 2 is 2.14 bits per heavy atom. The van der Waals surface area contributed by atoms with Crippen LogP contribution in [-0.4, -0.2) is 37.4 Å². The Morgan fingerprint density at radius 3 is 2.57 bits per heavy atom. The van der Waals surface area contributed by atoms with E-state index in [4.69, 9.17) is 4.74 Å². The van der Waals surface area contributed by atoms with Gasteiger partial charge in [-0.15, -0.1) is 8.58 Å². The van der Waals surface area contributed by atoms with Crippen LogP contribution >= 0.6 is 8.58 Å². The van der Waals surface area contributed by atoms with Crippen LogP contribution in [0.15, 0.2) is 0 Å². The summed E-state index contributed by atoms with van der Waals surface area (Å²) in [5.74, 6) is -0.525. The van der Waals surface area contributed by atoms with Gasteiger partial charge in [0.05, 0.1) is 6.61 Å². The molecule has 1 amide bonds. The summed E-state index contributed by atoms with van der Waals surface area (Å²) in [6.07, 6.45) is 1.59. The van der Waals surface area contributed by atoms with Crippen molar-refractivity contribution in [3.8, 4) is 0 Å². The van der Waals surface area contributed by atoms with Gasteiger partial charge in [0.1, 0.15) is 6.04 Å². The molecule has 1 N–H and O–H groups in total. The van der Waals surface area contributed by atoms with Crippen molar-refractivity contribution in [3.63, 3.8) is 0 Å². The zero-order valence-electron chi connectivity index (χ0n) is 8.92. The number of esters is 1. The molecule has 2 atom stereocenters. The van der Waals surface area contributed by atoms with E-state index in [9.17, 15) is 9.59 Å². The van der Waals surface area contributed by atoms with Crippen LogP contribution in [0.2, 0.25) is 0 Å². The second kappa shape index (κ2) is 7.74. The molecule has 14 heavy (non-hydrogen) atoms. The summed E-state index contributed by atoms with van der Waals surface area (Å²) in [5.41, 5.74) is 0. The van der Waals surface area contributed by atoms with E-state index < -0.39 is 6.04 Å². The Balaban J connectivity index is 4.08. The average Bonchev–Trinajstić information content (AvgIpc) is 2.12. The van der Waals surface area contributed by atoms with Crippen molar-refractivity contribution in [3.05, 3.63) is 0 Å². The minimum atomic E-state index is -0.472. The average molecular weight is 219 g/mol. The Kier molecular flexibility index (Phi) is 7.40. The van der Waals surface area contributed by atoms with Crippen LogP contribution < -0.4 is 5.32 Å². The molecule has 0 fully saturated rings. The minimum absolute atomic E-state index is 0.192. The lowest BCUT2D eigenvalue weighted by Crippen LogP contribution is -2.41. The van der Waals surface area contributed by atoms with Crippen molar-refractivity contribution in [1.29, 1.82) is 0 Å². The molecular weight excluding hydrogens is 201 g/mol. The quantitative estimate of drug-likeness (QED) is 0.530. The minimum Gasteiger partial charge on any atom is -0.464 e. The van der Waals surface area contributed by atoms with Gasteiger partial charge >= 0.3 is 5.97 Å². The summed E-state index contributed by atoms with van der Waals surface area (Å²) in [6.45, 7) is 5.57. The van der Waals surface area contributed by atoms with E-state index in [1.165, 1.54) is 6.92 Å². The Hall–Kier alpha value is -0.630. The van der Waals surface area contributed by atoms with Crippen LogP contribution in [-0.2, 0) is 14.3 Å². The first-order chi connectivity index (χ1) is 6.61. The predicted molar refractivity (Wildman–Crippen MR) is 58.0 cm³/mol. The number of hydrogen-bond acceptors (Lipinski definition) is 3. The highest BCUT2D eigenvalue weighted by Crippen LogP contribution is 2.07. The van der Waals surface area contributed by atoms with Crippen molar-refractivity contribution in [2.75, 3.05) is 19.4 Å². The fourth-order valence-electron chi connectivity index (χ4n) is 1.03. The van der Waals surface area contributed by atoms with Crippen LogP contribution in [0.4, 0.5) is 0 Å². The smallest absolute Gasteiger partial charge is 0.328 e. The third kappa shape index (κ3) is 5.92. The van der Waals surface area contributed by atoms with Crippen LogP contribution in [0.5, 0.6) is 0 Å². The van der Waals surface area contributed by atoms with Crippen LogP contribution in [0.1, 0.15) is 20.3 Å². The van der Waals surface area contributed by atoms with Crippen molar-refractivity contribution < 1.29 is 14.3 Å². The zero-order valence-corrected chi connectivity index (χ0v) is 9.92. The van der Waals surface area contributed by atoms with Gasteiger partial charge in [-0.25, -0.2) is 4.79 Å². The molecule has 0 heterocycles. The van der Waals surface area contributed by atoms with Gasteiger partial charge in [0, 0.05) is 6.92 Å². The highest BCUT2D eigenvalue weighted by atomic mass is 31.1. The van der Waals surface area contributed by atoms with E-state index in [1.54, 1.807) is 6.92 Å². The highest BCUT2D eigenvalue weighted by Gasteiger charge is 2.19. The van der Waals surface area contributed by atoms with Gasteiger partial charge in [0.25, 0.3) is 0 Å². The van der Waals surface area contributed by atoms with Crippen LogP contribution in [0.25, 0.3) is 0 Å². The summed E-state index contributed by atoms with van der Waals surface area (Å²) in [5, 5.41) is 2.59. The van der Waals surface area contributed by atoms with Crippen molar-refractivity contribution >= 4 is 20.5 Å². The molecule has 0 radical (unpaired) electrons. The predicted octanol–water partition coefficient (Wildman–Crippen LogP) is 0.753. The van der Waals surface area contributed by atoms with E-state index in [0.29, 0.717) is 13.0 Å². The van der Waals surface area contributed by atoms with Crippen LogP contribution in [0, 0.1) is 0 Å². The third-order valence-electron chi connectivity index (χ3n) is 1.63. The van der Waals surface area contributed by atoms with Gasteiger partial charge in [0.15, 0.2) is 0 Å². The summed E-state index contributed by atoms with van der Waals surface area (Å²) in [4.78, 5) is 22.2. The SMILES string of the molecule is CCOC(=O)C(CCPC)NC(C)=O. The Morgan fingerprint density at radius 1 is 1.50 bits per heavy atom. The molecule has 0 saturated heterocycles. The van der Waals surface area contributed by atoms with E-state index in [0.717, 1.165) is 14.7 Å². The lowest BCUT2D eigenvalue weighted by molar-refractivity contribution is -0.147. The largest absolute Gasteiger partial charge is 0.464 e. The summed E-state index contributed by atoms with van der Waals surface area (Å²) in [7, 11) is 0.783. The number of carbonyl (C=O) groups is 2. The molecule has 4 nitrogen and oxygen atoms in total. The normalized spacial score (nSPS) is 12.8. The van der Waals surface area contributed by atoms with E-state index in [1.807, 2.05) is 0 Å². The van der Waals surface area contributed by atoms with Crippen molar-refractivity contribution in [1.82, 2.24) is 5.32 Å². The summed E-state index contributed by atoms with van der Waals surface area (Å²) in [6, 6.07) is -0.472. The molecule has 0 rings (SSSR count). The number of hydrogen-bond donors (Lipinski definition) is 1. The lowest BCUT2D eigenvalue weighted by atomic mass is 10.2. The van der Waals surface area contributed by atoms with Crippen LogP contribution in [0.3, 0.4) is 0 Å². The zero-order chi connectivity index (χ0) is 11.0. The molecule has 0 aliphatic heterocycles. The molecule has 5 heteroatoms. The molecule has 0 aromatic carbocycles. The van der Waals surface area contributed by atoms with E-state index in [2.05, 4.69) is 12.0 Å². The number of ether oxygens (including phenoxy) is 1. The monoisotopic (exact) mass is 219 g/mol. The summed E-state index contributed by atoms with van der Waals surface area (Å²) >= 11 is 0. The first-order valence-corrected chi connectivity index (χ1v) is 6.40. The van der Waals surface area contributed by atoms with Crippen molar-refractivity contribution in [2.24, 2.45) is 0 Å². The molecule has 0 aliphatic rings. The van der Waals surface area contributed by atoms with Gasteiger partial charge in [0.2, 0.25) is 5.91 Å². The van der Waals surface area contributed by atoms with Gasteiger partial charge in [-0.2, -0.15) is 0 Å². The van der Waals surface area contributed by atoms with Gasteiger partial charge in [-0.1, -0.05) is 0 Å². The molecule has 0 bridgehead atoms. The third-order valence-corrected chi connectivity index (χ3v) is 2.42. The van der Waals surface area contributed by atoms with Gasteiger partial charge in [-0.05, 0) is 26.2 Å². The van der Waals surface area contributed by atoms with Gasteiger partial charge < -0.3 is 10.1 Å². The number of rotatable bonds is 6. The Bertz CT molecular complexity index is 196. The maximum atomic E-state index is 11.4. The molecule has 0 aromatic heterocycles. The first kappa shape index (κ1) is 13.4. The van der Waals surface area contributed by atoms with E-state index in [-0.39, 0.29) is 11.9 Å². The molecular formula is C9H18NO3P. The van der Waals surface area contributed by atoms with Gasteiger partial charge in [-0.3, -0.25) is 4.79 Å². The molecule has 0 saturated carbocycles. The first-order valence-electron chi connectivity index (χ1n) is 4.70. The molecule has 0 spiro atoms. The van der Waals surface area contributed by atoms with Crippen molar-refractivity contribution in [2.45, 2.75) is 26.3 Å². The molecule has 2 unspecified atom stereocenters. The lowest BCUT2D eigenvalue weighted by Gasteiger charge is -2.15. The molecule has 0 aromatic rings.